The average molecular weight is 428 g/mol. The van der Waals surface area contributed by atoms with Gasteiger partial charge in [-0.15, -0.1) is 5.53 Å². The van der Waals surface area contributed by atoms with Crippen molar-refractivity contribution in [2.24, 2.45) is 0 Å². The number of allylic oxidation sites excluding steroid dienone is 1. The van der Waals surface area contributed by atoms with Crippen LogP contribution in [0.2, 0.25) is 0 Å². The van der Waals surface area contributed by atoms with Gasteiger partial charge < -0.3 is 15.6 Å². The predicted molar refractivity (Wildman–Crippen MR) is 115 cm³/mol. The summed E-state index contributed by atoms with van der Waals surface area (Å²) >= 11 is 3.67. The Labute approximate surface area is 169 Å². The van der Waals surface area contributed by atoms with Crippen molar-refractivity contribution in [1.29, 1.82) is 0 Å². The van der Waals surface area contributed by atoms with Gasteiger partial charge in [0.2, 0.25) is 0 Å². The lowest BCUT2D eigenvalue weighted by atomic mass is 9.96. The molecule has 2 aromatic carbocycles. The molecule has 0 spiro atoms. The standard InChI is InChI=1S/C21H26BrN5/c1-14-21-17-9-8-16(22)12-18(17)20(10-11-27(21)25-24-14)23-19-7-5-4-6-15(19)13-26(2)3/h4-9,12,20,23-25H,10-11,13H2,1-3H3. The van der Waals surface area contributed by atoms with Gasteiger partial charge in [-0.05, 0) is 56.8 Å². The van der Waals surface area contributed by atoms with Gasteiger partial charge in [-0.3, -0.25) is 5.01 Å². The number of rotatable bonds is 4. The van der Waals surface area contributed by atoms with Crippen LogP contribution in [0, 0.1) is 0 Å². The average Bonchev–Trinajstić information content (AvgIpc) is 2.92. The van der Waals surface area contributed by atoms with E-state index in [9.17, 15) is 0 Å². The predicted octanol–water partition coefficient (Wildman–Crippen LogP) is 4.08. The first-order valence-corrected chi connectivity index (χ1v) is 10.1. The number of benzene rings is 2. The van der Waals surface area contributed by atoms with E-state index in [4.69, 9.17) is 0 Å². The third-order valence-electron chi connectivity index (χ3n) is 5.12. The number of fused-ring (bicyclic) bond motifs is 3. The molecule has 2 heterocycles. The maximum absolute atomic E-state index is 3.84. The number of hydrazine groups is 2. The molecular formula is C21H26BrN5. The van der Waals surface area contributed by atoms with Crippen molar-refractivity contribution < 1.29 is 0 Å². The van der Waals surface area contributed by atoms with Crippen LogP contribution in [-0.4, -0.2) is 30.5 Å². The molecule has 3 N–H and O–H groups in total. The fraction of sp³-hybridized carbons (Fsp3) is 0.333. The van der Waals surface area contributed by atoms with E-state index in [-0.39, 0.29) is 6.04 Å². The summed E-state index contributed by atoms with van der Waals surface area (Å²) < 4.78 is 1.11. The van der Waals surface area contributed by atoms with Crippen LogP contribution in [0.4, 0.5) is 5.69 Å². The molecule has 0 aliphatic carbocycles. The van der Waals surface area contributed by atoms with Crippen LogP contribution in [0.3, 0.4) is 0 Å². The molecule has 142 valence electrons. The zero-order valence-electron chi connectivity index (χ0n) is 16.0. The fourth-order valence-electron chi connectivity index (χ4n) is 3.91. The van der Waals surface area contributed by atoms with Gasteiger partial charge in [-0.25, -0.2) is 0 Å². The van der Waals surface area contributed by atoms with Gasteiger partial charge in [0.1, 0.15) is 0 Å². The number of halogens is 1. The Hall–Kier alpha value is -2.02. The summed E-state index contributed by atoms with van der Waals surface area (Å²) in [6.45, 7) is 3.97. The molecule has 0 amide bonds. The second-order valence-corrected chi connectivity index (χ2v) is 8.39. The zero-order chi connectivity index (χ0) is 19.0. The van der Waals surface area contributed by atoms with E-state index in [1.54, 1.807) is 0 Å². The molecule has 2 aliphatic rings. The minimum Gasteiger partial charge on any atom is -0.378 e. The summed E-state index contributed by atoms with van der Waals surface area (Å²) in [4.78, 5) is 2.21. The summed E-state index contributed by atoms with van der Waals surface area (Å²) in [6, 6.07) is 15.4. The van der Waals surface area contributed by atoms with Crippen LogP contribution in [0.5, 0.6) is 0 Å². The lowest BCUT2D eigenvalue weighted by Gasteiger charge is -2.23. The summed E-state index contributed by atoms with van der Waals surface area (Å²) in [5.41, 5.74) is 14.1. The number of anilines is 1. The third-order valence-corrected chi connectivity index (χ3v) is 5.62. The quantitative estimate of drug-likeness (QED) is 0.685. The van der Waals surface area contributed by atoms with Crippen molar-refractivity contribution in [3.63, 3.8) is 0 Å². The second-order valence-electron chi connectivity index (χ2n) is 7.47. The molecule has 27 heavy (non-hydrogen) atoms. The van der Waals surface area contributed by atoms with Crippen LogP contribution in [0.25, 0.3) is 5.70 Å². The first kappa shape index (κ1) is 18.3. The molecule has 2 aliphatic heterocycles. The molecule has 0 saturated carbocycles. The Balaban J connectivity index is 1.73. The molecule has 1 atom stereocenters. The normalized spacial score (nSPS) is 18.9. The largest absolute Gasteiger partial charge is 0.378 e. The van der Waals surface area contributed by atoms with E-state index < -0.39 is 0 Å². The van der Waals surface area contributed by atoms with E-state index in [0.29, 0.717) is 0 Å². The first-order chi connectivity index (χ1) is 13.0. The number of hydrogen-bond donors (Lipinski definition) is 3. The Morgan fingerprint density at radius 1 is 1.22 bits per heavy atom. The zero-order valence-corrected chi connectivity index (χ0v) is 17.6. The molecule has 2 aromatic rings. The maximum atomic E-state index is 3.84. The van der Waals surface area contributed by atoms with Crippen LogP contribution >= 0.6 is 15.9 Å². The number of para-hydroxylation sites is 1. The smallest absolute Gasteiger partial charge is 0.0814 e. The Bertz CT molecular complexity index is 877. The van der Waals surface area contributed by atoms with Crippen LogP contribution < -0.4 is 16.3 Å². The summed E-state index contributed by atoms with van der Waals surface area (Å²) in [7, 11) is 4.22. The summed E-state index contributed by atoms with van der Waals surface area (Å²) in [5, 5.41) is 6.06. The van der Waals surface area contributed by atoms with E-state index in [2.05, 4.69) is 106 Å². The molecule has 6 heteroatoms. The van der Waals surface area contributed by atoms with Gasteiger partial charge in [0.25, 0.3) is 0 Å². The maximum Gasteiger partial charge on any atom is 0.0814 e. The number of hydrogen-bond acceptors (Lipinski definition) is 5. The molecule has 4 rings (SSSR count). The fourth-order valence-corrected chi connectivity index (χ4v) is 4.29. The van der Waals surface area contributed by atoms with Gasteiger partial charge in [0.15, 0.2) is 0 Å². The molecule has 0 aromatic heterocycles. The van der Waals surface area contributed by atoms with Gasteiger partial charge in [0, 0.05) is 28.8 Å². The monoisotopic (exact) mass is 427 g/mol. The minimum atomic E-state index is 0.244. The van der Waals surface area contributed by atoms with Crippen molar-refractivity contribution in [1.82, 2.24) is 20.9 Å². The van der Waals surface area contributed by atoms with Crippen molar-refractivity contribution >= 4 is 27.3 Å². The summed E-state index contributed by atoms with van der Waals surface area (Å²) in [5.74, 6) is 0. The topological polar surface area (TPSA) is 42.6 Å². The van der Waals surface area contributed by atoms with E-state index in [0.717, 1.165) is 29.7 Å². The Kier molecular flexibility index (Phi) is 5.12. The van der Waals surface area contributed by atoms with Gasteiger partial charge in [-0.2, -0.15) is 0 Å². The van der Waals surface area contributed by atoms with Crippen LogP contribution in [0.15, 0.2) is 52.6 Å². The van der Waals surface area contributed by atoms with Gasteiger partial charge in [0.05, 0.1) is 17.4 Å². The SMILES string of the molecule is CC1=C2c3ccc(Br)cc3C(Nc3ccccc3CN(C)C)CCN2NN1. The van der Waals surface area contributed by atoms with Crippen LogP contribution in [-0.2, 0) is 6.54 Å². The van der Waals surface area contributed by atoms with E-state index in [1.807, 2.05) is 0 Å². The number of nitrogens with zero attached hydrogens (tertiary/aromatic N) is 2. The highest BCUT2D eigenvalue weighted by Crippen LogP contribution is 2.38. The third kappa shape index (κ3) is 3.70. The molecule has 0 bridgehead atoms. The molecule has 0 saturated heterocycles. The highest BCUT2D eigenvalue weighted by molar-refractivity contribution is 9.10. The van der Waals surface area contributed by atoms with Crippen molar-refractivity contribution in [3.05, 3.63) is 69.3 Å². The lowest BCUT2D eigenvalue weighted by Crippen LogP contribution is -2.38. The molecule has 1 unspecified atom stereocenters. The summed E-state index contributed by atoms with van der Waals surface area (Å²) in [6.07, 6.45) is 1.01. The lowest BCUT2D eigenvalue weighted by molar-refractivity contribution is 0.281. The molecular weight excluding hydrogens is 402 g/mol. The molecule has 0 radical (unpaired) electrons. The Morgan fingerprint density at radius 2 is 2.04 bits per heavy atom. The van der Waals surface area contributed by atoms with E-state index >= 15 is 0 Å². The van der Waals surface area contributed by atoms with Gasteiger partial charge in [-0.1, -0.05) is 40.2 Å². The molecule has 0 fully saturated rings. The minimum absolute atomic E-state index is 0.244. The first-order valence-electron chi connectivity index (χ1n) is 9.32. The van der Waals surface area contributed by atoms with Crippen LogP contribution in [0.1, 0.15) is 36.1 Å². The van der Waals surface area contributed by atoms with Gasteiger partial charge >= 0.3 is 0 Å². The highest BCUT2D eigenvalue weighted by atomic mass is 79.9. The molecule has 5 nitrogen and oxygen atoms in total. The van der Waals surface area contributed by atoms with Crippen molar-refractivity contribution in [2.75, 3.05) is 26.0 Å². The highest BCUT2D eigenvalue weighted by Gasteiger charge is 2.30. The van der Waals surface area contributed by atoms with Crippen molar-refractivity contribution in [2.45, 2.75) is 25.9 Å². The van der Waals surface area contributed by atoms with Crippen molar-refractivity contribution in [3.8, 4) is 0 Å². The second kappa shape index (κ2) is 7.54. The van der Waals surface area contributed by atoms with E-state index in [1.165, 1.54) is 28.1 Å². The Morgan fingerprint density at radius 3 is 2.85 bits per heavy atom. The number of nitrogens with one attached hydrogen (secondary N) is 3.